The number of Topliss-reactive ketones (excluding diaryl/α,β-unsaturated/α-hetero) is 1. The average molecular weight is 607 g/mol. The molecule has 0 aliphatic heterocycles. The average Bonchev–Trinajstić information content (AvgIpc) is 3.03. The summed E-state index contributed by atoms with van der Waals surface area (Å²) in [6.45, 7) is 2.00. The van der Waals surface area contributed by atoms with E-state index >= 15 is 0 Å². The second-order valence-electron chi connectivity index (χ2n) is 11.1. The van der Waals surface area contributed by atoms with E-state index in [0.717, 1.165) is 21.5 Å². The van der Waals surface area contributed by atoms with Crippen molar-refractivity contribution < 1.29 is 23.9 Å². The summed E-state index contributed by atoms with van der Waals surface area (Å²) in [6, 6.07) is 38.2. The number of carbonyl (C=O) groups is 3. The van der Waals surface area contributed by atoms with Gasteiger partial charge in [0.15, 0.2) is 5.78 Å². The first-order valence-electron chi connectivity index (χ1n) is 14.2. The molecular formula is C36H35N2O5P. The van der Waals surface area contributed by atoms with Crippen LogP contribution in [0.5, 0.6) is 0 Å². The van der Waals surface area contributed by atoms with Gasteiger partial charge in [0.1, 0.15) is 29.6 Å². The maximum atomic E-state index is 14.6. The van der Waals surface area contributed by atoms with E-state index in [0.29, 0.717) is 0 Å². The molecule has 1 N–H and O–H groups in total. The summed E-state index contributed by atoms with van der Waals surface area (Å²) in [5, 5.41) is 15.7. The third kappa shape index (κ3) is 7.72. The molecule has 4 aromatic carbocycles. The van der Waals surface area contributed by atoms with E-state index in [1.165, 1.54) is 0 Å². The number of rotatable bonds is 10. The van der Waals surface area contributed by atoms with E-state index in [-0.39, 0.29) is 11.9 Å². The molecule has 44 heavy (non-hydrogen) atoms. The van der Waals surface area contributed by atoms with Gasteiger partial charge in [-0.25, -0.2) is 4.79 Å². The van der Waals surface area contributed by atoms with Crippen molar-refractivity contribution in [3.8, 4) is 6.07 Å². The smallest absolute Gasteiger partial charge is 0.408 e. The zero-order valence-corrected chi connectivity index (χ0v) is 25.9. The van der Waals surface area contributed by atoms with Crippen LogP contribution in [0.2, 0.25) is 0 Å². The van der Waals surface area contributed by atoms with Gasteiger partial charge in [-0.15, -0.1) is 0 Å². The molecular weight excluding hydrogens is 571 g/mol. The van der Waals surface area contributed by atoms with Crippen LogP contribution in [-0.4, -0.2) is 34.8 Å². The number of benzene rings is 4. The van der Waals surface area contributed by atoms with Crippen LogP contribution in [0.3, 0.4) is 0 Å². The Hall–Kier alpha value is -4.92. The molecule has 224 valence electrons. The first-order valence-corrected chi connectivity index (χ1v) is 16.0. The second-order valence-corrected chi connectivity index (χ2v) is 14.4. The summed E-state index contributed by atoms with van der Waals surface area (Å²) >= 11 is 0. The standard InChI is InChI=1S/C36H35N2O5P/c1-36(2,3)43-33(39)24-31(38-35(41)42-26-27-16-8-4-9-17-27)34(40)32(25-37)44(28-18-10-5-11-19-28,29-20-12-6-13-21-29)30-22-14-7-15-23-30/h4-23,31H,24,26H2,1-3H3,(H,38,41). The zero-order valence-electron chi connectivity index (χ0n) is 25.0. The number of nitrogens with zero attached hydrogens (tertiary/aromatic N) is 1. The molecule has 1 amide bonds. The number of esters is 1. The molecule has 4 aromatic rings. The Labute approximate surface area is 258 Å². The SMILES string of the molecule is CC(C)(C)OC(=O)CC(NC(=O)OCc1ccccc1)C(=O)C(C#N)=P(c1ccccc1)(c1ccccc1)c1ccccc1. The summed E-state index contributed by atoms with van der Waals surface area (Å²) in [5.41, 5.74) is -0.0704. The molecule has 4 rings (SSSR count). The number of hydrogen-bond acceptors (Lipinski definition) is 6. The number of ketones is 1. The van der Waals surface area contributed by atoms with E-state index in [9.17, 15) is 19.6 Å². The van der Waals surface area contributed by atoms with Gasteiger partial charge < -0.3 is 14.8 Å². The van der Waals surface area contributed by atoms with E-state index in [1.54, 1.807) is 32.9 Å². The molecule has 0 fully saturated rings. The number of amides is 1. The van der Waals surface area contributed by atoms with E-state index in [2.05, 4.69) is 11.4 Å². The predicted octanol–water partition coefficient (Wildman–Crippen LogP) is 5.27. The summed E-state index contributed by atoms with van der Waals surface area (Å²) in [5.74, 6) is -1.38. The van der Waals surface area contributed by atoms with Gasteiger partial charge in [-0.1, -0.05) is 121 Å². The lowest BCUT2D eigenvalue weighted by Crippen LogP contribution is -2.47. The van der Waals surface area contributed by atoms with Crippen LogP contribution in [-0.2, 0) is 25.7 Å². The highest BCUT2D eigenvalue weighted by atomic mass is 31.2. The molecule has 0 aliphatic rings. The van der Waals surface area contributed by atoms with Crippen LogP contribution in [0, 0.1) is 11.3 Å². The fourth-order valence-electron chi connectivity index (χ4n) is 4.92. The number of ether oxygens (including phenoxy) is 2. The first kappa shape index (κ1) is 32.0. The van der Waals surface area contributed by atoms with Gasteiger partial charge in [0.2, 0.25) is 0 Å². The third-order valence-corrected chi connectivity index (χ3v) is 10.9. The molecule has 0 bridgehead atoms. The number of carbonyl (C=O) groups excluding carboxylic acids is 3. The number of nitrogens with one attached hydrogen (secondary N) is 1. The largest absolute Gasteiger partial charge is 0.460 e. The molecule has 0 spiro atoms. The van der Waals surface area contributed by atoms with Gasteiger partial charge in [0.05, 0.1) is 6.42 Å². The highest BCUT2D eigenvalue weighted by Gasteiger charge is 2.38. The monoisotopic (exact) mass is 606 g/mol. The molecule has 1 atom stereocenters. The quantitative estimate of drug-likeness (QED) is 0.195. The highest BCUT2D eigenvalue weighted by molar-refractivity contribution is 7.97. The predicted molar refractivity (Wildman–Crippen MR) is 175 cm³/mol. The zero-order chi connectivity index (χ0) is 31.6. The normalized spacial score (nSPS) is 11.9. The van der Waals surface area contributed by atoms with Gasteiger partial charge in [0.25, 0.3) is 0 Å². The van der Waals surface area contributed by atoms with Crippen LogP contribution in [0.25, 0.3) is 0 Å². The Morgan fingerprint density at radius 2 is 1.18 bits per heavy atom. The molecule has 0 aromatic heterocycles. The van der Waals surface area contributed by atoms with Crippen molar-refractivity contribution in [1.29, 1.82) is 5.26 Å². The van der Waals surface area contributed by atoms with Gasteiger partial charge in [-0.3, -0.25) is 9.59 Å². The van der Waals surface area contributed by atoms with Crippen molar-refractivity contribution in [2.75, 3.05) is 0 Å². The Morgan fingerprint density at radius 1 is 0.750 bits per heavy atom. The van der Waals surface area contributed by atoms with E-state index in [1.807, 2.05) is 109 Å². The van der Waals surface area contributed by atoms with Crippen LogP contribution >= 0.6 is 6.89 Å². The fourth-order valence-corrected chi connectivity index (χ4v) is 9.08. The molecule has 1 unspecified atom stereocenters. The molecule has 0 aliphatic carbocycles. The number of nitriles is 1. The van der Waals surface area contributed by atoms with Crippen molar-refractivity contribution in [3.05, 3.63) is 127 Å². The van der Waals surface area contributed by atoms with Crippen LogP contribution in [0.1, 0.15) is 32.8 Å². The minimum Gasteiger partial charge on any atom is -0.460 e. The van der Waals surface area contributed by atoms with Crippen molar-refractivity contribution in [1.82, 2.24) is 5.32 Å². The molecule has 0 saturated heterocycles. The highest BCUT2D eigenvalue weighted by Crippen LogP contribution is 2.46. The maximum Gasteiger partial charge on any atom is 0.408 e. The molecule has 7 nitrogen and oxygen atoms in total. The Bertz CT molecular complexity index is 1570. The van der Waals surface area contributed by atoms with Crippen LogP contribution < -0.4 is 21.2 Å². The summed E-state index contributed by atoms with van der Waals surface area (Å²) in [4.78, 5) is 40.7. The van der Waals surface area contributed by atoms with Gasteiger partial charge >= 0.3 is 12.1 Å². The summed E-state index contributed by atoms with van der Waals surface area (Å²) in [6.07, 6.45) is -1.38. The van der Waals surface area contributed by atoms with Crippen LogP contribution in [0.15, 0.2) is 121 Å². The molecule has 0 radical (unpaired) electrons. The first-order chi connectivity index (χ1) is 21.1. The Balaban J connectivity index is 1.89. The van der Waals surface area contributed by atoms with Gasteiger partial charge in [-0.2, -0.15) is 5.26 Å². The van der Waals surface area contributed by atoms with Crippen molar-refractivity contribution in [3.63, 3.8) is 0 Å². The van der Waals surface area contributed by atoms with Crippen molar-refractivity contribution in [2.45, 2.75) is 45.4 Å². The molecule has 0 saturated carbocycles. The minimum absolute atomic E-state index is 0.0379. The second kappa shape index (κ2) is 14.5. The van der Waals surface area contributed by atoms with Gasteiger partial charge in [0, 0.05) is 0 Å². The topological polar surface area (TPSA) is 105 Å². The van der Waals surface area contributed by atoms with E-state index < -0.39 is 42.8 Å². The minimum atomic E-state index is -3.10. The molecule has 0 heterocycles. The van der Waals surface area contributed by atoms with E-state index in [4.69, 9.17) is 9.47 Å². The lowest BCUT2D eigenvalue weighted by atomic mass is 10.1. The van der Waals surface area contributed by atoms with Crippen molar-refractivity contribution in [2.24, 2.45) is 0 Å². The van der Waals surface area contributed by atoms with Crippen molar-refractivity contribution >= 4 is 45.9 Å². The Kier molecular flexibility index (Phi) is 10.6. The summed E-state index contributed by atoms with van der Waals surface area (Å²) in [7, 11) is 0. The maximum absolute atomic E-state index is 14.6. The third-order valence-electron chi connectivity index (χ3n) is 6.72. The van der Waals surface area contributed by atoms with Gasteiger partial charge in [-0.05, 0) is 49.1 Å². The fraction of sp³-hybridized carbons (Fsp3) is 0.194. The lowest BCUT2D eigenvalue weighted by molar-refractivity contribution is -0.156. The summed E-state index contributed by atoms with van der Waals surface area (Å²) < 4.78 is 10.9. The lowest BCUT2D eigenvalue weighted by Gasteiger charge is -2.31. The number of alkyl carbamates (subject to hydrolysis) is 1. The number of hydrogen-bond donors (Lipinski definition) is 1. The van der Waals surface area contributed by atoms with Crippen LogP contribution in [0.4, 0.5) is 4.79 Å². The Morgan fingerprint density at radius 3 is 1.59 bits per heavy atom. The molecule has 8 heteroatoms.